The molecule has 1 heterocycles. The Hall–Kier alpha value is -2.06. The molecule has 1 amide bonds. The number of nitrogens with one attached hydrogen (secondary N) is 1. The second-order valence-electron chi connectivity index (χ2n) is 4.70. The van der Waals surface area contributed by atoms with Gasteiger partial charge in [0, 0.05) is 11.3 Å². The summed E-state index contributed by atoms with van der Waals surface area (Å²) in [5.41, 5.74) is 3.83. The molecular weight excluding hydrogens is 344 g/mol. The van der Waals surface area contributed by atoms with Gasteiger partial charge in [-0.1, -0.05) is 30.8 Å². The van der Waals surface area contributed by atoms with Crippen LogP contribution in [-0.4, -0.2) is 38.7 Å². The first-order valence-corrected chi connectivity index (χ1v) is 9.26. The van der Waals surface area contributed by atoms with E-state index in [1.807, 2.05) is 13.0 Å². The third-order valence-electron chi connectivity index (χ3n) is 2.76. The Morgan fingerprint density at radius 1 is 1.33 bits per heavy atom. The number of carbonyl (C=O) groups excluding carboxylic acids is 1. The molecule has 126 valence electrons. The molecule has 1 aromatic heterocycles. The zero-order valence-electron chi connectivity index (χ0n) is 13.4. The van der Waals surface area contributed by atoms with Gasteiger partial charge in [0.25, 0.3) is 5.91 Å². The third-order valence-corrected chi connectivity index (χ3v) is 4.41. The molecule has 0 fully saturated rings. The van der Waals surface area contributed by atoms with Gasteiger partial charge in [0.05, 0.1) is 12.0 Å². The first kappa shape index (κ1) is 18.3. The standard InChI is InChI=1S/C16H18N4O2S2/c1-3-23-15-8-11(2)18-16(19-15)24-10-14(22)20-17-9-12-6-4-5-7-13(12)21/h4-9,21H,3,10H2,1-2H3,(H,20,22). The number of thioether (sulfide) groups is 2. The van der Waals surface area contributed by atoms with Gasteiger partial charge in [-0.15, -0.1) is 11.8 Å². The highest BCUT2D eigenvalue weighted by Gasteiger charge is 2.07. The zero-order valence-corrected chi connectivity index (χ0v) is 15.0. The van der Waals surface area contributed by atoms with Gasteiger partial charge in [-0.3, -0.25) is 4.79 Å². The number of carbonyl (C=O) groups is 1. The summed E-state index contributed by atoms with van der Waals surface area (Å²) in [4.78, 5) is 20.5. The van der Waals surface area contributed by atoms with E-state index in [0.717, 1.165) is 16.5 Å². The van der Waals surface area contributed by atoms with E-state index in [-0.39, 0.29) is 17.4 Å². The maximum Gasteiger partial charge on any atom is 0.250 e. The average Bonchev–Trinajstić information content (AvgIpc) is 2.55. The van der Waals surface area contributed by atoms with Crippen molar-refractivity contribution < 1.29 is 9.90 Å². The number of hydrazone groups is 1. The Morgan fingerprint density at radius 3 is 2.88 bits per heavy atom. The fourth-order valence-electron chi connectivity index (χ4n) is 1.73. The lowest BCUT2D eigenvalue weighted by Gasteiger charge is -2.04. The SMILES string of the molecule is CCSc1cc(C)nc(SCC(=O)NN=Cc2ccccc2O)n1. The molecular formula is C16H18N4O2S2. The first-order valence-electron chi connectivity index (χ1n) is 7.29. The molecule has 0 saturated heterocycles. The lowest BCUT2D eigenvalue weighted by Crippen LogP contribution is -2.19. The molecule has 0 atom stereocenters. The minimum Gasteiger partial charge on any atom is -0.507 e. The highest BCUT2D eigenvalue weighted by molar-refractivity contribution is 8.00. The van der Waals surface area contributed by atoms with Crippen LogP contribution < -0.4 is 5.43 Å². The molecule has 0 radical (unpaired) electrons. The molecule has 0 aliphatic carbocycles. The average molecular weight is 362 g/mol. The second-order valence-corrected chi connectivity index (χ2v) is 6.93. The Labute approximate surface area is 149 Å². The molecule has 0 aliphatic rings. The lowest BCUT2D eigenvalue weighted by atomic mass is 10.2. The van der Waals surface area contributed by atoms with Gasteiger partial charge < -0.3 is 5.11 Å². The number of benzene rings is 1. The summed E-state index contributed by atoms with van der Waals surface area (Å²) < 4.78 is 0. The van der Waals surface area contributed by atoms with Crippen molar-refractivity contribution in [3.63, 3.8) is 0 Å². The summed E-state index contributed by atoms with van der Waals surface area (Å²) in [7, 11) is 0. The van der Waals surface area contributed by atoms with Crippen molar-refractivity contribution in [1.29, 1.82) is 0 Å². The van der Waals surface area contributed by atoms with Crippen LogP contribution in [0.1, 0.15) is 18.2 Å². The Bertz CT molecular complexity index is 738. The van der Waals surface area contributed by atoms with Crippen LogP contribution >= 0.6 is 23.5 Å². The van der Waals surface area contributed by atoms with Gasteiger partial charge in [-0.2, -0.15) is 5.10 Å². The lowest BCUT2D eigenvalue weighted by molar-refractivity contribution is -0.118. The number of rotatable bonds is 7. The molecule has 6 nitrogen and oxygen atoms in total. The van der Waals surface area contributed by atoms with E-state index in [1.165, 1.54) is 18.0 Å². The van der Waals surface area contributed by atoms with Crippen LogP contribution in [0.15, 0.2) is 45.6 Å². The molecule has 0 bridgehead atoms. The summed E-state index contributed by atoms with van der Waals surface area (Å²) in [5.74, 6) is 0.945. The topological polar surface area (TPSA) is 87.5 Å². The molecule has 0 aliphatic heterocycles. The number of hydrogen-bond acceptors (Lipinski definition) is 7. The largest absolute Gasteiger partial charge is 0.507 e. The quantitative estimate of drug-likeness (QED) is 0.259. The van der Waals surface area contributed by atoms with Crippen molar-refractivity contribution in [2.24, 2.45) is 5.10 Å². The van der Waals surface area contributed by atoms with Gasteiger partial charge in [-0.05, 0) is 30.9 Å². The van der Waals surface area contributed by atoms with Crippen LogP contribution in [0, 0.1) is 6.92 Å². The summed E-state index contributed by atoms with van der Waals surface area (Å²) >= 11 is 2.90. The number of phenolic OH excluding ortho intramolecular Hbond substituents is 1. The van der Waals surface area contributed by atoms with Crippen molar-refractivity contribution in [2.75, 3.05) is 11.5 Å². The van der Waals surface area contributed by atoms with Crippen molar-refractivity contribution in [3.8, 4) is 5.75 Å². The maximum absolute atomic E-state index is 11.8. The predicted octanol–water partition coefficient (Wildman–Crippen LogP) is 2.85. The Kier molecular flexibility index (Phi) is 7.07. The smallest absolute Gasteiger partial charge is 0.250 e. The monoisotopic (exact) mass is 362 g/mol. The van der Waals surface area contributed by atoms with Crippen LogP contribution in [0.2, 0.25) is 0 Å². The molecule has 0 unspecified atom stereocenters. The minimum absolute atomic E-state index is 0.110. The van der Waals surface area contributed by atoms with Crippen molar-refractivity contribution in [1.82, 2.24) is 15.4 Å². The van der Waals surface area contributed by atoms with Gasteiger partial charge in [0.2, 0.25) is 0 Å². The van der Waals surface area contributed by atoms with E-state index in [9.17, 15) is 9.90 Å². The normalized spacial score (nSPS) is 10.9. The summed E-state index contributed by atoms with van der Waals surface area (Å²) in [6, 6.07) is 8.68. The van der Waals surface area contributed by atoms with Crippen molar-refractivity contribution in [2.45, 2.75) is 24.0 Å². The highest BCUT2D eigenvalue weighted by Crippen LogP contribution is 2.20. The summed E-state index contributed by atoms with van der Waals surface area (Å²) in [5, 5.41) is 14.9. The van der Waals surface area contributed by atoms with E-state index in [4.69, 9.17) is 0 Å². The highest BCUT2D eigenvalue weighted by atomic mass is 32.2. The molecule has 8 heteroatoms. The molecule has 1 aromatic carbocycles. The van der Waals surface area contributed by atoms with Crippen molar-refractivity contribution in [3.05, 3.63) is 41.6 Å². The summed E-state index contributed by atoms with van der Waals surface area (Å²) in [6.45, 7) is 3.97. The van der Waals surface area contributed by atoms with Gasteiger partial charge >= 0.3 is 0 Å². The number of aryl methyl sites for hydroxylation is 1. The second kappa shape index (κ2) is 9.29. The zero-order chi connectivity index (χ0) is 17.4. The maximum atomic E-state index is 11.8. The van der Waals surface area contributed by atoms with E-state index in [0.29, 0.717) is 10.7 Å². The van der Waals surface area contributed by atoms with Crippen LogP contribution in [0.5, 0.6) is 5.75 Å². The number of aromatic nitrogens is 2. The van der Waals surface area contributed by atoms with Crippen LogP contribution in [0.3, 0.4) is 0 Å². The predicted molar refractivity (Wildman–Crippen MR) is 97.7 cm³/mol. The number of para-hydroxylation sites is 1. The van der Waals surface area contributed by atoms with E-state index >= 15 is 0 Å². The minimum atomic E-state index is -0.263. The van der Waals surface area contributed by atoms with Crippen molar-refractivity contribution >= 4 is 35.6 Å². The molecule has 0 spiro atoms. The number of amides is 1. The van der Waals surface area contributed by atoms with E-state index in [2.05, 4.69) is 27.4 Å². The van der Waals surface area contributed by atoms with Gasteiger partial charge in [-0.25, -0.2) is 15.4 Å². The van der Waals surface area contributed by atoms with Gasteiger partial charge in [0.15, 0.2) is 5.16 Å². The fourth-order valence-corrected chi connectivity index (χ4v) is 3.19. The molecule has 24 heavy (non-hydrogen) atoms. The summed E-state index contributed by atoms with van der Waals surface area (Å²) in [6.07, 6.45) is 1.40. The van der Waals surface area contributed by atoms with Crippen LogP contribution in [0.4, 0.5) is 0 Å². The fraction of sp³-hybridized carbons (Fsp3) is 0.250. The van der Waals surface area contributed by atoms with E-state index in [1.54, 1.807) is 36.0 Å². The molecule has 2 N–H and O–H groups in total. The Balaban J connectivity index is 1.86. The van der Waals surface area contributed by atoms with Crippen LogP contribution in [-0.2, 0) is 4.79 Å². The molecule has 2 rings (SSSR count). The Morgan fingerprint density at radius 2 is 2.12 bits per heavy atom. The van der Waals surface area contributed by atoms with Gasteiger partial charge in [0.1, 0.15) is 10.8 Å². The van der Waals surface area contributed by atoms with E-state index < -0.39 is 0 Å². The van der Waals surface area contributed by atoms with Crippen LogP contribution in [0.25, 0.3) is 0 Å². The number of aromatic hydroxyl groups is 1. The number of phenols is 1. The third kappa shape index (κ3) is 5.86. The molecule has 0 saturated carbocycles. The molecule has 2 aromatic rings. The number of hydrogen-bond donors (Lipinski definition) is 2. The first-order chi connectivity index (χ1) is 11.6. The number of nitrogens with zero attached hydrogens (tertiary/aromatic N) is 3.